The van der Waals surface area contributed by atoms with E-state index in [0.717, 1.165) is 3.89 Å². The van der Waals surface area contributed by atoms with Crippen LogP contribution in [0.4, 0.5) is 0 Å². The normalized spacial score (nSPS) is 10.3. The summed E-state index contributed by atoms with van der Waals surface area (Å²) in [6.45, 7) is 13.0. The zero-order valence-corrected chi connectivity index (χ0v) is 18.7. The van der Waals surface area contributed by atoms with Gasteiger partial charge in [-0.15, -0.1) is 0 Å². The SMILES string of the molecule is Cc1cc(C)c(-n2ccn(-c3c(C)cc(C)cc3C)[c]2=[Pd])c(C)c1.[CH3-].[CH3-]. The molecule has 0 atom stereocenters. The summed E-state index contributed by atoms with van der Waals surface area (Å²) in [5.41, 5.74) is 10.3. The number of nitrogens with zero attached hydrogens (tertiary/aromatic N) is 2. The van der Waals surface area contributed by atoms with Gasteiger partial charge in [0.15, 0.2) is 0 Å². The maximum absolute atomic E-state index is 3.50. The second kappa shape index (κ2) is 8.34. The maximum atomic E-state index is 3.50. The van der Waals surface area contributed by atoms with Crippen LogP contribution in [0.3, 0.4) is 0 Å². The number of hydrogen-bond acceptors (Lipinski definition) is 0. The fraction of sp³-hybridized carbons (Fsp3) is 0.261. The number of benzene rings is 2. The van der Waals surface area contributed by atoms with Crippen molar-refractivity contribution in [2.24, 2.45) is 0 Å². The topological polar surface area (TPSA) is 9.86 Å². The van der Waals surface area contributed by atoms with Crippen LogP contribution in [0.15, 0.2) is 36.7 Å². The van der Waals surface area contributed by atoms with E-state index < -0.39 is 0 Å². The first kappa shape index (κ1) is 22.4. The monoisotopic (exact) mass is 440 g/mol. The molecule has 0 fully saturated rings. The zero-order chi connectivity index (χ0) is 17.6. The second-order valence-electron chi connectivity index (χ2n) is 6.77. The molecule has 1 heterocycles. The molecule has 26 heavy (non-hydrogen) atoms. The van der Waals surface area contributed by atoms with Crippen molar-refractivity contribution in [2.45, 2.75) is 41.5 Å². The number of imidazole rings is 1. The van der Waals surface area contributed by atoms with Gasteiger partial charge >= 0.3 is 155 Å². The molecular formula is C23H30N2Pd-2. The summed E-state index contributed by atoms with van der Waals surface area (Å²) in [5.74, 6) is 0. The van der Waals surface area contributed by atoms with Crippen molar-refractivity contribution in [1.82, 2.24) is 9.13 Å². The summed E-state index contributed by atoms with van der Waals surface area (Å²) in [6.07, 6.45) is 4.28. The first-order chi connectivity index (χ1) is 11.3. The summed E-state index contributed by atoms with van der Waals surface area (Å²) in [5, 5.41) is 0. The molecular weight excluding hydrogens is 411 g/mol. The van der Waals surface area contributed by atoms with Gasteiger partial charge in [0.1, 0.15) is 0 Å². The molecule has 0 bridgehead atoms. The van der Waals surface area contributed by atoms with Crippen LogP contribution in [0.1, 0.15) is 33.4 Å². The Morgan fingerprint density at radius 2 is 0.846 bits per heavy atom. The average molecular weight is 441 g/mol. The quantitative estimate of drug-likeness (QED) is 0.336. The molecule has 3 aromatic rings. The Labute approximate surface area is 169 Å². The predicted octanol–water partition coefficient (Wildman–Crippen LogP) is 6.10. The summed E-state index contributed by atoms with van der Waals surface area (Å²) in [4.78, 5) is 0. The van der Waals surface area contributed by atoms with Crippen LogP contribution in [0.2, 0.25) is 0 Å². The third-order valence-electron chi connectivity index (χ3n) is 4.49. The predicted molar refractivity (Wildman–Crippen MR) is 110 cm³/mol. The Hall–Kier alpha value is -1.69. The molecule has 3 heteroatoms. The van der Waals surface area contributed by atoms with Crippen LogP contribution in [0.25, 0.3) is 11.4 Å². The summed E-state index contributed by atoms with van der Waals surface area (Å²) < 4.78 is 5.56. The van der Waals surface area contributed by atoms with E-state index in [4.69, 9.17) is 0 Å². The number of aryl methyl sites for hydroxylation is 6. The molecule has 2 nitrogen and oxygen atoms in total. The van der Waals surface area contributed by atoms with E-state index in [0.29, 0.717) is 0 Å². The molecule has 0 aliphatic carbocycles. The molecule has 144 valence electrons. The Morgan fingerprint density at radius 3 is 1.12 bits per heavy atom. The van der Waals surface area contributed by atoms with Gasteiger partial charge in [-0.25, -0.2) is 0 Å². The molecule has 2 aromatic carbocycles. The Balaban J connectivity index is 0.00000169. The second-order valence-corrected chi connectivity index (χ2v) is 7.47. The number of aromatic nitrogens is 2. The van der Waals surface area contributed by atoms with Crippen molar-refractivity contribution in [3.8, 4) is 11.4 Å². The number of hydrogen-bond donors (Lipinski definition) is 0. The fourth-order valence-corrected chi connectivity index (χ4v) is 4.37. The van der Waals surface area contributed by atoms with E-state index in [2.05, 4.69) is 106 Å². The van der Waals surface area contributed by atoms with Gasteiger partial charge < -0.3 is 14.9 Å². The van der Waals surface area contributed by atoms with Gasteiger partial charge in [-0.2, -0.15) is 0 Å². The molecule has 0 aliphatic heterocycles. The zero-order valence-electron chi connectivity index (χ0n) is 17.2. The van der Waals surface area contributed by atoms with Crippen LogP contribution >= 0.6 is 0 Å². The van der Waals surface area contributed by atoms with E-state index in [-0.39, 0.29) is 14.9 Å². The van der Waals surface area contributed by atoms with E-state index in [1.165, 1.54) is 44.8 Å². The van der Waals surface area contributed by atoms with E-state index in [1.807, 2.05) is 0 Å². The van der Waals surface area contributed by atoms with Crippen LogP contribution in [-0.4, -0.2) is 9.13 Å². The van der Waals surface area contributed by atoms with Gasteiger partial charge in [0.25, 0.3) is 0 Å². The van der Waals surface area contributed by atoms with Crippen LogP contribution in [0, 0.1) is 60.3 Å². The molecule has 0 spiro atoms. The summed E-state index contributed by atoms with van der Waals surface area (Å²) in [6, 6.07) is 8.97. The minimum atomic E-state index is 0. The third-order valence-corrected chi connectivity index (χ3v) is 5.23. The molecule has 0 radical (unpaired) electrons. The smallest absolute Gasteiger partial charge is 0.358 e. The van der Waals surface area contributed by atoms with Crippen molar-refractivity contribution in [1.29, 1.82) is 0 Å². The fourth-order valence-electron chi connectivity index (χ4n) is 3.79. The van der Waals surface area contributed by atoms with Gasteiger partial charge in [-0.05, 0) is 0 Å². The van der Waals surface area contributed by atoms with Gasteiger partial charge in [0, 0.05) is 0 Å². The largest absolute Gasteiger partial charge is 0.358 e. The first-order valence-corrected chi connectivity index (χ1v) is 8.99. The van der Waals surface area contributed by atoms with Crippen LogP contribution in [0.5, 0.6) is 0 Å². The van der Waals surface area contributed by atoms with Crippen molar-refractivity contribution in [2.75, 3.05) is 0 Å². The van der Waals surface area contributed by atoms with Gasteiger partial charge in [-0.3, -0.25) is 0 Å². The molecule has 0 saturated carbocycles. The number of rotatable bonds is 2. The van der Waals surface area contributed by atoms with Crippen molar-refractivity contribution >= 4 is 0 Å². The van der Waals surface area contributed by atoms with Crippen molar-refractivity contribution in [3.63, 3.8) is 0 Å². The Morgan fingerprint density at radius 1 is 0.577 bits per heavy atom. The molecule has 1 aromatic heterocycles. The molecule has 0 unspecified atom stereocenters. The minimum absolute atomic E-state index is 0. The van der Waals surface area contributed by atoms with Crippen LogP contribution in [-0.2, 0) is 18.7 Å². The van der Waals surface area contributed by atoms with Gasteiger partial charge in [-0.1, -0.05) is 0 Å². The van der Waals surface area contributed by atoms with Crippen molar-refractivity contribution in [3.05, 3.63) is 88.8 Å². The van der Waals surface area contributed by atoms with Gasteiger partial charge in [0.05, 0.1) is 0 Å². The summed E-state index contributed by atoms with van der Waals surface area (Å²) >= 11 is 3.50. The van der Waals surface area contributed by atoms with Crippen molar-refractivity contribution < 1.29 is 18.7 Å². The maximum Gasteiger partial charge on any atom is -0.358 e. The van der Waals surface area contributed by atoms with E-state index in [1.54, 1.807) is 0 Å². The van der Waals surface area contributed by atoms with Crippen LogP contribution < -0.4 is 0 Å². The molecule has 0 amide bonds. The van der Waals surface area contributed by atoms with Gasteiger partial charge in [0.2, 0.25) is 0 Å². The Kier molecular flexibility index (Phi) is 7.17. The molecule has 3 rings (SSSR count). The Bertz CT molecular complexity index is 866. The molecule has 0 aliphatic rings. The average Bonchev–Trinajstić information content (AvgIpc) is 2.79. The first-order valence-electron chi connectivity index (χ1n) is 8.21. The standard InChI is InChI=1S/C21H24N2.2CH3.Pd/c1-14-9-16(3)20(17(4)10-14)22-7-8-23(13-22)21-18(5)11-15(2)12-19(21)6;;;/h7-12H,1-6H3;2*1H3;/q;2*-1;. The molecule has 0 saturated heterocycles. The summed E-state index contributed by atoms with van der Waals surface area (Å²) in [7, 11) is 0. The third kappa shape index (κ3) is 3.85. The minimum Gasteiger partial charge on any atom is -0.358 e. The van der Waals surface area contributed by atoms with E-state index >= 15 is 0 Å². The molecule has 0 N–H and O–H groups in total. The van der Waals surface area contributed by atoms with E-state index in [9.17, 15) is 0 Å².